The molecule has 0 aliphatic carbocycles. The molecule has 0 N–H and O–H groups in total. The second kappa shape index (κ2) is 8.01. The number of alkyl halides is 3. The van der Waals surface area contributed by atoms with E-state index in [1.165, 1.54) is 6.92 Å². The molecule has 2 aromatic heterocycles. The van der Waals surface area contributed by atoms with E-state index in [4.69, 9.17) is 0 Å². The number of nitrogens with zero attached hydrogens (tertiary/aromatic N) is 3. The van der Waals surface area contributed by atoms with Crippen LogP contribution >= 0.6 is 11.8 Å². The third-order valence-corrected chi connectivity index (χ3v) is 5.03. The van der Waals surface area contributed by atoms with E-state index in [1.54, 1.807) is 18.2 Å². The third kappa shape index (κ3) is 4.42. The van der Waals surface area contributed by atoms with E-state index in [2.05, 4.69) is 11.6 Å². The zero-order valence-corrected chi connectivity index (χ0v) is 16.0. The van der Waals surface area contributed by atoms with Gasteiger partial charge < -0.3 is 4.57 Å². The van der Waals surface area contributed by atoms with Crippen molar-refractivity contribution in [3.05, 3.63) is 58.6 Å². The summed E-state index contributed by atoms with van der Waals surface area (Å²) < 4.78 is 41.4. The second-order valence-electron chi connectivity index (χ2n) is 6.00. The molecule has 0 fully saturated rings. The molecule has 0 aliphatic heterocycles. The van der Waals surface area contributed by atoms with Crippen LogP contribution in [0.25, 0.3) is 0 Å². The van der Waals surface area contributed by atoms with Crippen LogP contribution in [0.3, 0.4) is 0 Å². The summed E-state index contributed by atoms with van der Waals surface area (Å²) in [5.74, 6) is -0.343. The lowest BCUT2D eigenvalue weighted by molar-refractivity contribution is -0.138. The Morgan fingerprint density at radius 1 is 1.37 bits per heavy atom. The van der Waals surface area contributed by atoms with E-state index in [1.807, 2.05) is 18.4 Å². The van der Waals surface area contributed by atoms with Gasteiger partial charge in [-0.3, -0.25) is 4.79 Å². The van der Waals surface area contributed by atoms with Gasteiger partial charge in [0.2, 0.25) is 0 Å². The van der Waals surface area contributed by atoms with Crippen molar-refractivity contribution in [1.29, 1.82) is 5.26 Å². The van der Waals surface area contributed by atoms with Gasteiger partial charge in [-0.15, -0.1) is 6.58 Å². The number of hydrogen-bond donors (Lipinski definition) is 0. The van der Waals surface area contributed by atoms with Gasteiger partial charge >= 0.3 is 6.18 Å². The van der Waals surface area contributed by atoms with Crippen LogP contribution in [-0.2, 0) is 12.7 Å². The fourth-order valence-electron chi connectivity index (χ4n) is 2.79. The lowest BCUT2D eigenvalue weighted by Crippen LogP contribution is -2.11. The van der Waals surface area contributed by atoms with Crippen molar-refractivity contribution in [2.45, 2.75) is 38.5 Å². The summed E-state index contributed by atoms with van der Waals surface area (Å²) in [5, 5.41) is 9.09. The van der Waals surface area contributed by atoms with Crippen molar-refractivity contribution < 1.29 is 18.0 Å². The average molecular weight is 393 g/mol. The number of Topliss-reactive ketones (excluding diaryl/α,β-unsaturated/α-hetero) is 1. The van der Waals surface area contributed by atoms with Crippen LogP contribution in [-0.4, -0.2) is 21.1 Å². The quantitative estimate of drug-likeness (QED) is 0.400. The summed E-state index contributed by atoms with van der Waals surface area (Å²) in [6, 6.07) is 4.16. The fourth-order valence-corrected chi connectivity index (χ4v) is 3.72. The number of halogens is 3. The van der Waals surface area contributed by atoms with Gasteiger partial charge in [-0.2, -0.15) is 18.4 Å². The highest BCUT2D eigenvalue weighted by molar-refractivity contribution is 8.00. The molecule has 0 saturated heterocycles. The number of allylic oxidation sites excluding steroid dienone is 1. The first-order chi connectivity index (χ1) is 12.6. The maximum atomic E-state index is 13.2. The Balaban J connectivity index is 2.31. The standard InChI is InChI=1S/C19H18F3N3OS/c1-5-6-25-12(3)8-14(13(25)4)17(26)10-27-18-15(9-23)16(19(20,21)22)7-11(2)24-18/h5,7-8H,1,6,10H2,2-4H3. The highest BCUT2D eigenvalue weighted by Crippen LogP contribution is 2.36. The molecule has 27 heavy (non-hydrogen) atoms. The zero-order valence-electron chi connectivity index (χ0n) is 15.1. The third-order valence-electron chi connectivity index (χ3n) is 4.06. The van der Waals surface area contributed by atoms with Crippen molar-refractivity contribution in [2.24, 2.45) is 0 Å². The fraction of sp³-hybridized carbons (Fsp3) is 0.316. The average Bonchev–Trinajstić information content (AvgIpc) is 2.87. The van der Waals surface area contributed by atoms with Crippen LogP contribution < -0.4 is 0 Å². The smallest absolute Gasteiger partial charge is 0.345 e. The molecule has 0 saturated carbocycles. The molecule has 2 heterocycles. The van der Waals surface area contributed by atoms with Gasteiger partial charge in [0.15, 0.2) is 5.78 Å². The summed E-state index contributed by atoms with van der Waals surface area (Å²) in [6.07, 6.45) is -2.94. The summed E-state index contributed by atoms with van der Waals surface area (Å²) in [7, 11) is 0. The van der Waals surface area contributed by atoms with Crippen molar-refractivity contribution >= 4 is 17.5 Å². The van der Waals surface area contributed by atoms with E-state index >= 15 is 0 Å². The Morgan fingerprint density at radius 2 is 2.04 bits per heavy atom. The maximum Gasteiger partial charge on any atom is 0.417 e. The Bertz CT molecular complexity index is 939. The number of thioether (sulfide) groups is 1. The molecule has 142 valence electrons. The molecule has 0 bridgehead atoms. The molecule has 2 rings (SSSR count). The minimum absolute atomic E-state index is 0.0851. The molecule has 0 aliphatic rings. The summed E-state index contributed by atoms with van der Waals surface area (Å²) in [4.78, 5) is 16.6. The maximum absolute atomic E-state index is 13.2. The van der Waals surface area contributed by atoms with Gasteiger partial charge in [0, 0.05) is 29.2 Å². The Labute approximate surface area is 159 Å². The van der Waals surface area contributed by atoms with Crippen LogP contribution in [0.5, 0.6) is 0 Å². The molecule has 0 spiro atoms. The molecule has 2 aromatic rings. The first-order valence-corrected chi connectivity index (χ1v) is 9.01. The number of aromatic nitrogens is 2. The molecule has 8 heteroatoms. The van der Waals surface area contributed by atoms with Crippen molar-refractivity contribution in [3.8, 4) is 6.07 Å². The van der Waals surface area contributed by atoms with Gasteiger partial charge in [-0.05, 0) is 32.9 Å². The van der Waals surface area contributed by atoms with E-state index in [0.717, 1.165) is 29.2 Å². The van der Waals surface area contributed by atoms with Crippen LogP contribution in [0.1, 0.15) is 38.6 Å². The van der Waals surface area contributed by atoms with Crippen molar-refractivity contribution in [1.82, 2.24) is 9.55 Å². The number of nitriles is 1. The summed E-state index contributed by atoms with van der Waals surface area (Å²) in [5.41, 5.74) is 0.724. The number of ketones is 1. The first-order valence-electron chi connectivity index (χ1n) is 8.02. The molecule has 0 aromatic carbocycles. The van der Waals surface area contributed by atoms with Crippen LogP contribution in [0, 0.1) is 32.1 Å². The minimum atomic E-state index is -4.66. The van der Waals surface area contributed by atoms with Crippen LogP contribution in [0.4, 0.5) is 13.2 Å². The summed E-state index contributed by atoms with van der Waals surface area (Å²) in [6.45, 7) is 9.34. The second-order valence-corrected chi connectivity index (χ2v) is 6.96. The van der Waals surface area contributed by atoms with Crippen molar-refractivity contribution in [3.63, 3.8) is 0 Å². The summed E-state index contributed by atoms with van der Waals surface area (Å²) >= 11 is 0.844. The molecular weight excluding hydrogens is 375 g/mol. The van der Waals surface area contributed by atoms with Gasteiger partial charge in [0.05, 0.1) is 16.9 Å². The highest BCUT2D eigenvalue weighted by atomic mass is 32.2. The molecule has 0 unspecified atom stereocenters. The van der Waals surface area contributed by atoms with E-state index in [-0.39, 0.29) is 22.3 Å². The zero-order chi connectivity index (χ0) is 20.4. The highest BCUT2D eigenvalue weighted by Gasteiger charge is 2.35. The molecule has 0 atom stereocenters. The molecule has 0 radical (unpaired) electrons. The van der Waals surface area contributed by atoms with Gasteiger partial charge in [-0.25, -0.2) is 4.98 Å². The molecule has 0 amide bonds. The largest absolute Gasteiger partial charge is 0.417 e. The monoisotopic (exact) mass is 393 g/mol. The normalized spacial score (nSPS) is 11.3. The predicted molar refractivity (Wildman–Crippen MR) is 97.8 cm³/mol. The number of aryl methyl sites for hydroxylation is 2. The van der Waals surface area contributed by atoms with Gasteiger partial charge in [0.1, 0.15) is 11.1 Å². The van der Waals surface area contributed by atoms with Crippen LogP contribution in [0.2, 0.25) is 0 Å². The van der Waals surface area contributed by atoms with Crippen molar-refractivity contribution in [2.75, 3.05) is 5.75 Å². The lowest BCUT2D eigenvalue weighted by atomic mass is 10.1. The van der Waals surface area contributed by atoms with E-state index in [0.29, 0.717) is 12.1 Å². The van der Waals surface area contributed by atoms with Crippen LogP contribution in [0.15, 0.2) is 29.8 Å². The number of carbonyl (C=O) groups excluding carboxylic acids is 1. The number of pyridine rings is 1. The number of hydrogen-bond acceptors (Lipinski definition) is 4. The molecule has 4 nitrogen and oxygen atoms in total. The lowest BCUT2D eigenvalue weighted by Gasteiger charge is -2.12. The predicted octanol–water partition coefficient (Wildman–Crippen LogP) is 4.86. The Kier molecular flexibility index (Phi) is 6.16. The SMILES string of the molecule is C=CCn1c(C)cc(C(=O)CSc2nc(C)cc(C(F)(F)F)c2C#N)c1C. The van der Waals surface area contributed by atoms with E-state index < -0.39 is 17.3 Å². The first kappa shape index (κ1) is 20.8. The minimum Gasteiger partial charge on any atom is -0.345 e. The van der Waals surface area contributed by atoms with Gasteiger partial charge in [-0.1, -0.05) is 17.8 Å². The molecular formula is C19H18F3N3OS. The Hall–Kier alpha value is -2.53. The Morgan fingerprint density at radius 3 is 2.59 bits per heavy atom. The number of rotatable bonds is 6. The van der Waals surface area contributed by atoms with E-state index in [9.17, 15) is 23.2 Å². The van der Waals surface area contributed by atoms with Gasteiger partial charge in [0.25, 0.3) is 0 Å². The number of carbonyl (C=O) groups is 1. The topological polar surface area (TPSA) is 58.7 Å².